The SMILES string of the molecule is O=C(O)c1cc(F)cc(N2CCc3ccccc32)c1. The summed E-state index contributed by atoms with van der Waals surface area (Å²) in [6.45, 7) is 0.738. The van der Waals surface area contributed by atoms with Crippen LogP contribution in [-0.4, -0.2) is 17.6 Å². The monoisotopic (exact) mass is 257 g/mol. The van der Waals surface area contributed by atoms with Gasteiger partial charge in [-0.05, 0) is 36.2 Å². The van der Waals surface area contributed by atoms with Gasteiger partial charge in [0.05, 0.1) is 5.56 Å². The second-order valence-electron chi connectivity index (χ2n) is 4.53. The molecule has 1 aliphatic heterocycles. The van der Waals surface area contributed by atoms with Crippen LogP contribution in [0.1, 0.15) is 15.9 Å². The fourth-order valence-electron chi connectivity index (χ4n) is 2.46. The van der Waals surface area contributed by atoms with Crippen molar-refractivity contribution >= 4 is 17.3 Å². The van der Waals surface area contributed by atoms with Crippen molar-refractivity contribution in [1.82, 2.24) is 0 Å². The minimum Gasteiger partial charge on any atom is -0.478 e. The summed E-state index contributed by atoms with van der Waals surface area (Å²) in [7, 11) is 0. The van der Waals surface area contributed by atoms with Crippen LogP contribution < -0.4 is 4.90 Å². The first-order valence-electron chi connectivity index (χ1n) is 6.04. The Balaban J connectivity index is 2.07. The summed E-state index contributed by atoms with van der Waals surface area (Å²) in [6, 6.07) is 11.8. The number of hydrogen-bond donors (Lipinski definition) is 1. The molecule has 2 aromatic carbocycles. The van der Waals surface area contributed by atoms with E-state index >= 15 is 0 Å². The maximum Gasteiger partial charge on any atom is 0.335 e. The topological polar surface area (TPSA) is 40.5 Å². The Labute approximate surface area is 109 Å². The molecule has 1 N–H and O–H groups in total. The second kappa shape index (κ2) is 4.39. The van der Waals surface area contributed by atoms with Gasteiger partial charge in [-0.15, -0.1) is 0 Å². The van der Waals surface area contributed by atoms with Crippen molar-refractivity contribution < 1.29 is 14.3 Å². The van der Waals surface area contributed by atoms with E-state index in [-0.39, 0.29) is 5.56 Å². The quantitative estimate of drug-likeness (QED) is 0.898. The van der Waals surface area contributed by atoms with E-state index < -0.39 is 11.8 Å². The number of rotatable bonds is 2. The number of carboxylic acids is 1. The van der Waals surface area contributed by atoms with Crippen LogP contribution in [0.2, 0.25) is 0 Å². The van der Waals surface area contributed by atoms with Gasteiger partial charge in [-0.3, -0.25) is 0 Å². The zero-order valence-electron chi connectivity index (χ0n) is 10.1. The summed E-state index contributed by atoms with van der Waals surface area (Å²) < 4.78 is 13.5. The summed E-state index contributed by atoms with van der Waals surface area (Å²) in [4.78, 5) is 12.9. The number of nitrogens with zero attached hydrogens (tertiary/aromatic N) is 1. The largest absolute Gasteiger partial charge is 0.478 e. The van der Waals surface area contributed by atoms with Gasteiger partial charge in [0.15, 0.2) is 0 Å². The normalized spacial score (nSPS) is 13.4. The van der Waals surface area contributed by atoms with Gasteiger partial charge in [0.2, 0.25) is 0 Å². The molecule has 0 saturated carbocycles. The Kier molecular flexibility index (Phi) is 2.71. The van der Waals surface area contributed by atoms with Crippen LogP contribution in [0.5, 0.6) is 0 Å². The Morgan fingerprint density at radius 3 is 2.79 bits per heavy atom. The molecule has 0 atom stereocenters. The fourth-order valence-corrected chi connectivity index (χ4v) is 2.46. The number of fused-ring (bicyclic) bond motifs is 1. The van der Waals surface area contributed by atoms with E-state index in [2.05, 4.69) is 0 Å². The van der Waals surface area contributed by atoms with E-state index in [0.29, 0.717) is 5.69 Å². The number of aromatic carboxylic acids is 1. The number of carbonyl (C=O) groups is 1. The van der Waals surface area contributed by atoms with Crippen molar-refractivity contribution in [3.8, 4) is 0 Å². The molecule has 0 fully saturated rings. The molecule has 96 valence electrons. The number of benzene rings is 2. The zero-order valence-corrected chi connectivity index (χ0v) is 10.1. The Hall–Kier alpha value is -2.36. The first-order valence-corrected chi connectivity index (χ1v) is 6.04. The van der Waals surface area contributed by atoms with E-state index in [0.717, 1.165) is 24.7 Å². The van der Waals surface area contributed by atoms with Crippen LogP contribution in [0.3, 0.4) is 0 Å². The van der Waals surface area contributed by atoms with Gasteiger partial charge < -0.3 is 10.0 Å². The van der Waals surface area contributed by atoms with Crippen molar-refractivity contribution in [3.63, 3.8) is 0 Å². The molecule has 3 nitrogen and oxygen atoms in total. The molecule has 0 amide bonds. The van der Waals surface area contributed by atoms with Gasteiger partial charge in [0.1, 0.15) is 5.82 Å². The minimum absolute atomic E-state index is 0.0284. The molecule has 0 aliphatic carbocycles. The predicted octanol–water partition coefficient (Wildman–Crippen LogP) is 3.22. The lowest BCUT2D eigenvalue weighted by Gasteiger charge is -2.20. The molecule has 0 unspecified atom stereocenters. The number of hydrogen-bond acceptors (Lipinski definition) is 2. The first-order chi connectivity index (χ1) is 9.15. The molecule has 1 heterocycles. The summed E-state index contributed by atoms with van der Waals surface area (Å²) in [6.07, 6.45) is 0.884. The molecule has 0 aromatic heterocycles. The molecule has 2 aromatic rings. The standard InChI is InChI=1S/C15H12FNO2/c16-12-7-11(15(18)19)8-13(9-12)17-6-5-10-3-1-2-4-14(10)17/h1-4,7-9H,5-6H2,(H,18,19). The number of carboxylic acid groups (broad SMARTS) is 1. The summed E-state index contributed by atoms with van der Waals surface area (Å²) >= 11 is 0. The third-order valence-electron chi connectivity index (χ3n) is 3.33. The second-order valence-corrected chi connectivity index (χ2v) is 4.53. The maximum absolute atomic E-state index is 13.5. The van der Waals surface area contributed by atoms with Gasteiger partial charge in [0, 0.05) is 17.9 Å². The van der Waals surface area contributed by atoms with Gasteiger partial charge in [-0.2, -0.15) is 0 Å². The third-order valence-corrected chi connectivity index (χ3v) is 3.33. The number of anilines is 2. The molecule has 0 radical (unpaired) electrons. The molecule has 0 saturated heterocycles. The molecular weight excluding hydrogens is 245 g/mol. The molecule has 3 rings (SSSR count). The van der Waals surface area contributed by atoms with Crippen molar-refractivity contribution in [2.75, 3.05) is 11.4 Å². The van der Waals surface area contributed by atoms with Crippen molar-refractivity contribution in [1.29, 1.82) is 0 Å². The molecule has 0 bridgehead atoms. The van der Waals surface area contributed by atoms with Crippen LogP contribution in [0.4, 0.5) is 15.8 Å². The fraction of sp³-hybridized carbons (Fsp3) is 0.133. The van der Waals surface area contributed by atoms with Gasteiger partial charge in [0.25, 0.3) is 0 Å². The van der Waals surface area contributed by atoms with E-state index in [4.69, 9.17) is 5.11 Å². The molecule has 1 aliphatic rings. The van der Waals surface area contributed by atoms with Crippen LogP contribution >= 0.6 is 0 Å². The Bertz CT molecular complexity index is 654. The lowest BCUT2D eigenvalue weighted by molar-refractivity contribution is 0.0696. The van der Waals surface area contributed by atoms with Crippen molar-refractivity contribution in [2.24, 2.45) is 0 Å². The number of halogens is 1. The highest BCUT2D eigenvalue weighted by Crippen LogP contribution is 2.34. The highest BCUT2D eigenvalue weighted by molar-refractivity contribution is 5.89. The predicted molar refractivity (Wildman–Crippen MR) is 70.5 cm³/mol. The first kappa shape index (κ1) is 11.7. The molecular formula is C15H12FNO2. The van der Waals surface area contributed by atoms with Crippen LogP contribution in [-0.2, 0) is 6.42 Å². The average Bonchev–Trinajstić information content (AvgIpc) is 2.81. The zero-order chi connectivity index (χ0) is 13.4. The smallest absolute Gasteiger partial charge is 0.335 e. The lowest BCUT2D eigenvalue weighted by Crippen LogP contribution is -2.14. The highest BCUT2D eigenvalue weighted by atomic mass is 19.1. The molecule has 4 heteroatoms. The van der Waals surface area contributed by atoms with Crippen molar-refractivity contribution in [3.05, 3.63) is 59.4 Å². The lowest BCUT2D eigenvalue weighted by atomic mass is 10.1. The Morgan fingerprint density at radius 2 is 2.00 bits per heavy atom. The molecule has 0 spiro atoms. The van der Waals surface area contributed by atoms with Crippen LogP contribution in [0, 0.1) is 5.82 Å². The van der Waals surface area contributed by atoms with E-state index in [1.54, 1.807) is 0 Å². The van der Waals surface area contributed by atoms with E-state index in [9.17, 15) is 9.18 Å². The van der Waals surface area contributed by atoms with Crippen molar-refractivity contribution in [2.45, 2.75) is 6.42 Å². The van der Waals surface area contributed by atoms with Gasteiger partial charge in [-0.25, -0.2) is 9.18 Å². The third kappa shape index (κ3) is 2.05. The molecule has 19 heavy (non-hydrogen) atoms. The summed E-state index contributed by atoms with van der Waals surface area (Å²) in [5, 5.41) is 8.99. The average molecular weight is 257 g/mol. The Morgan fingerprint density at radius 1 is 1.21 bits per heavy atom. The van der Waals surface area contributed by atoms with Gasteiger partial charge in [-0.1, -0.05) is 18.2 Å². The summed E-state index contributed by atoms with van der Waals surface area (Å²) in [5.41, 5.74) is 2.77. The number of para-hydroxylation sites is 1. The van der Waals surface area contributed by atoms with Crippen LogP contribution in [0.25, 0.3) is 0 Å². The summed E-state index contributed by atoms with van der Waals surface area (Å²) in [5.74, 6) is -1.65. The van der Waals surface area contributed by atoms with E-state index in [1.807, 2.05) is 29.2 Å². The minimum atomic E-state index is -1.12. The maximum atomic E-state index is 13.5. The van der Waals surface area contributed by atoms with Gasteiger partial charge >= 0.3 is 5.97 Å². The van der Waals surface area contributed by atoms with E-state index in [1.165, 1.54) is 17.7 Å². The van der Waals surface area contributed by atoms with Crippen LogP contribution in [0.15, 0.2) is 42.5 Å². The highest BCUT2D eigenvalue weighted by Gasteiger charge is 2.21.